The Kier molecular flexibility index (Phi) is 9.57. The Balaban J connectivity index is 0.000000568. The molecule has 2 aromatic rings. The van der Waals surface area contributed by atoms with E-state index in [1.54, 1.807) is 0 Å². The van der Waals surface area contributed by atoms with Crippen LogP contribution in [0, 0.1) is 0 Å². The predicted molar refractivity (Wildman–Crippen MR) is 110 cm³/mol. The molecule has 0 radical (unpaired) electrons. The van der Waals surface area contributed by atoms with Crippen LogP contribution in [0.4, 0.5) is 11.4 Å². The van der Waals surface area contributed by atoms with E-state index in [-0.39, 0.29) is 0 Å². The minimum absolute atomic E-state index is 0.681. The average molecular weight is 409 g/mol. The number of hydrogen-bond acceptors (Lipinski definition) is 7. The van der Waals surface area contributed by atoms with Crippen LogP contribution in [0.15, 0.2) is 53.8 Å². The standard InChI is InChI=1S/C18H25N4.CH4O4S/c1-5-22(6-2)17-12-10-16(11-13-17)21(4)19-15-18-9-7-8-14-20(18)3;1-6(3,4)5-2/h7-15H,5-6H2,1-4H3;2H,1H3/q+1;/p-1. The zero-order chi connectivity index (χ0) is 21.2. The van der Waals surface area contributed by atoms with Crippen LogP contribution in [0.5, 0.6) is 0 Å². The number of benzene rings is 1. The molecule has 0 unspecified atom stereocenters. The molecule has 1 heterocycles. The van der Waals surface area contributed by atoms with Gasteiger partial charge >= 0.3 is 0 Å². The van der Waals surface area contributed by atoms with E-state index in [1.807, 2.05) is 54.3 Å². The second kappa shape index (κ2) is 11.4. The molecule has 0 atom stereocenters. The molecule has 1 aromatic heterocycles. The summed E-state index contributed by atoms with van der Waals surface area (Å²) in [5, 5.41) is 15.3. The molecule has 154 valence electrons. The zero-order valence-electron chi connectivity index (χ0n) is 16.9. The maximum atomic E-state index is 9.47. The molecule has 2 rings (SSSR count). The van der Waals surface area contributed by atoms with Gasteiger partial charge in [-0.2, -0.15) is 5.10 Å². The maximum absolute atomic E-state index is 9.47. The molecule has 1 aromatic carbocycles. The summed E-state index contributed by atoms with van der Waals surface area (Å²) in [5.41, 5.74) is 3.39. The molecule has 0 saturated carbocycles. The number of aromatic nitrogens is 1. The molecule has 0 N–H and O–H groups in total. The van der Waals surface area contributed by atoms with Gasteiger partial charge in [-0.1, -0.05) is 0 Å². The van der Waals surface area contributed by atoms with Crippen molar-refractivity contribution in [1.82, 2.24) is 0 Å². The monoisotopic (exact) mass is 408 g/mol. The molecule has 0 bridgehead atoms. The zero-order valence-corrected chi connectivity index (χ0v) is 17.8. The topological polar surface area (TPSA) is 89.2 Å². The lowest BCUT2D eigenvalue weighted by molar-refractivity contribution is -0.672. The quantitative estimate of drug-likeness (QED) is 0.295. The van der Waals surface area contributed by atoms with E-state index in [0.29, 0.717) is 6.26 Å². The molecule has 8 nitrogen and oxygen atoms in total. The fourth-order valence-electron chi connectivity index (χ4n) is 2.35. The number of hydrazone groups is 1. The first-order valence-electron chi connectivity index (χ1n) is 8.80. The van der Waals surface area contributed by atoms with Crippen molar-refractivity contribution in [3.63, 3.8) is 0 Å². The van der Waals surface area contributed by atoms with E-state index in [1.165, 1.54) is 5.69 Å². The van der Waals surface area contributed by atoms with E-state index >= 15 is 0 Å². The second-order valence-electron chi connectivity index (χ2n) is 5.97. The van der Waals surface area contributed by atoms with Gasteiger partial charge in [0.2, 0.25) is 5.69 Å². The molecule has 0 saturated heterocycles. The van der Waals surface area contributed by atoms with Crippen molar-refractivity contribution in [3.05, 3.63) is 54.4 Å². The van der Waals surface area contributed by atoms with Gasteiger partial charge in [0.25, 0.3) is 10.1 Å². The van der Waals surface area contributed by atoms with Crippen molar-refractivity contribution in [2.24, 2.45) is 12.1 Å². The van der Waals surface area contributed by atoms with Crippen molar-refractivity contribution in [2.45, 2.75) is 13.8 Å². The first-order chi connectivity index (χ1) is 13.2. The fourth-order valence-corrected chi connectivity index (χ4v) is 2.35. The van der Waals surface area contributed by atoms with Crippen molar-refractivity contribution in [2.75, 3.05) is 36.3 Å². The normalized spacial score (nSPS) is 11.1. The summed E-state index contributed by atoms with van der Waals surface area (Å²) in [7, 11) is 0.261. The lowest BCUT2D eigenvalue weighted by Crippen LogP contribution is -2.32. The molecule has 0 amide bonds. The molecule has 0 aliphatic rings. The smallest absolute Gasteiger partial charge is 0.255 e. The van der Waals surface area contributed by atoms with E-state index in [4.69, 9.17) is 5.26 Å². The van der Waals surface area contributed by atoms with Gasteiger partial charge in [-0.05, 0) is 44.2 Å². The van der Waals surface area contributed by atoms with Crippen molar-refractivity contribution in [1.29, 1.82) is 0 Å². The SMILES string of the molecule is CCN(CC)c1ccc(N(C)/N=C/c2cccc[n+]2C)cc1.CS(=O)(=O)O[O-]. The van der Waals surface area contributed by atoms with Gasteiger partial charge in [0.1, 0.15) is 13.3 Å². The van der Waals surface area contributed by atoms with Gasteiger partial charge in [0.15, 0.2) is 6.20 Å². The van der Waals surface area contributed by atoms with E-state index < -0.39 is 10.1 Å². The van der Waals surface area contributed by atoms with Gasteiger partial charge in [0, 0.05) is 38.0 Å². The van der Waals surface area contributed by atoms with Crippen LogP contribution in [0.3, 0.4) is 0 Å². The Morgan fingerprint density at radius 3 is 2.11 bits per heavy atom. The van der Waals surface area contributed by atoms with Gasteiger partial charge in [-0.15, -0.1) is 0 Å². The highest BCUT2D eigenvalue weighted by Gasteiger charge is 2.04. The summed E-state index contributed by atoms with van der Waals surface area (Å²) >= 11 is 0. The summed E-state index contributed by atoms with van der Waals surface area (Å²) in [4.78, 5) is 2.33. The van der Waals surface area contributed by atoms with Gasteiger partial charge in [-0.25, -0.2) is 13.0 Å². The van der Waals surface area contributed by atoms with Crippen molar-refractivity contribution < 1.29 is 22.6 Å². The van der Waals surface area contributed by atoms with Crippen LogP contribution in [0.25, 0.3) is 0 Å². The van der Waals surface area contributed by atoms with E-state index in [9.17, 15) is 8.42 Å². The third kappa shape index (κ3) is 8.03. The average Bonchev–Trinajstić information content (AvgIpc) is 2.68. The Hall–Kier alpha value is -2.49. The minimum Gasteiger partial charge on any atom is -0.707 e. The van der Waals surface area contributed by atoms with Crippen LogP contribution >= 0.6 is 0 Å². The summed E-state index contributed by atoms with van der Waals surface area (Å²) in [6, 6.07) is 14.6. The largest absolute Gasteiger partial charge is 0.707 e. The van der Waals surface area contributed by atoms with Crippen LogP contribution in [0.1, 0.15) is 19.5 Å². The van der Waals surface area contributed by atoms with Crippen LogP contribution < -0.4 is 19.7 Å². The first-order valence-corrected chi connectivity index (χ1v) is 10.6. The molecule has 28 heavy (non-hydrogen) atoms. The molecule has 0 fully saturated rings. The highest BCUT2D eigenvalue weighted by atomic mass is 32.2. The third-order valence-electron chi connectivity index (χ3n) is 3.93. The molecular weight excluding hydrogens is 380 g/mol. The fraction of sp³-hybridized carbons (Fsp3) is 0.368. The summed E-state index contributed by atoms with van der Waals surface area (Å²) in [6.45, 7) is 6.39. The highest BCUT2D eigenvalue weighted by Crippen LogP contribution is 2.20. The van der Waals surface area contributed by atoms with Crippen LogP contribution in [0.2, 0.25) is 0 Å². The summed E-state index contributed by atoms with van der Waals surface area (Å²) < 4.78 is 23.6. The van der Waals surface area contributed by atoms with Crippen LogP contribution in [-0.2, 0) is 21.5 Å². The highest BCUT2D eigenvalue weighted by molar-refractivity contribution is 7.85. The molecule has 0 aliphatic heterocycles. The van der Waals surface area contributed by atoms with Gasteiger partial charge < -0.3 is 14.5 Å². The number of hydrogen-bond donors (Lipinski definition) is 0. The predicted octanol–water partition coefficient (Wildman–Crippen LogP) is 1.07. The van der Waals surface area contributed by atoms with Gasteiger partial charge in [0.05, 0.1) is 11.9 Å². The van der Waals surface area contributed by atoms with Crippen molar-refractivity contribution in [3.8, 4) is 0 Å². The molecule has 9 heteroatoms. The van der Waals surface area contributed by atoms with E-state index in [2.05, 4.69) is 52.4 Å². The van der Waals surface area contributed by atoms with Crippen molar-refractivity contribution >= 4 is 27.7 Å². The summed E-state index contributed by atoms with van der Waals surface area (Å²) in [5.74, 6) is 0. The number of anilines is 2. The van der Waals surface area contributed by atoms with Crippen LogP contribution in [-0.4, -0.2) is 41.0 Å². The molecular formula is C19H28N4O4S. The Labute approximate surface area is 167 Å². The molecule has 0 aliphatic carbocycles. The van der Waals surface area contributed by atoms with Gasteiger partial charge in [-0.3, -0.25) is 5.01 Å². The first kappa shape index (κ1) is 23.5. The molecule has 0 spiro atoms. The Bertz CT molecular complexity index is 850. The maximum Gasteiger partial charge on any atom is 0.255 e. The number of rotatable bonds is 7. The minimum atomic E-state index is -3.72. The number of pyridine rings is 1. The number of aryl methyl sites for hydroxylation is 1. The number of nitrogens with zero attached hydrogens (tertiary/aromatic N) is 4. The third-order valence-corrected chi connectivity index (χ3v) is 4.18. The summed E-state index contributed by atoms with van der Waals surface area (Å²) in [6.07, 6.45) is 4.57. The second-order valence-corrected chi connectivity index (χ2v) is 7.51. The lowest BCUT2D eigenvalue weighted by atomic mass is 10.2. The lowest BCUT2D eigenvalue weighted by Gasteiger charge is -2.22. The Morgan fingerprint density at radius 2 is 1.64 bits per heavy atom. The Morgan fingerprint density at radius 1 is 1.11 bits per heavy atom. The van der Waals surface area contributed by atoms with E-state index in [0.717, 1.165) is 24.5 Å².